The molecule has 25 heavy (non-hydrogen) atoms. The minimum absolute atomic E-state index is 0.272. The first-order valence-corrected chi connectivity index (χ1v) is 9.96. The van der Waals surface area contributed by atoms with Crippen LogP contribution in [0.25, 0.3) is 0 Å². The lowest BCUT2D eigenvalue weighted by atomic mass is 9.84. The molecule has 1 aromatic rings. The number of hydrogen-bond acceptors (Lipinski definition) is 3. The standard InChI is InChI=1S/C21H31N3O/c1-15-5-3-8-17-13-24(21(25)16-6-4-7-16)14-19-10-9-18(23(19)2)11-12-22-20(15)17/h3,5,8,16,18-19,22H,4,6-7,9-14H2,1-2H3. The third-order valence-electron chi connectivity index (χ3n) is 6.68. The van der Waals surface area contributed by atoms with Crippen LogP contribution in [0, 0.1) is 12.8 Å². The quantitative estimate of drug-likeness (QED) is 0.850. The van der Waals surface area contributed by atoms with Crippen molar-refractivity contribution in [1.82, 2.24) is 9.80 Å². The van der Waals surface area contributed by atoms with Gasteiger partial charge < -0.3 is 10.2 Å². The molecule has 2 atom stereocenters. The van der Waals surface area contributed by atoms with E-state index < -0.39 is 0 Å². The van der Waals surface area contributed by atoms with Gasteiger partial charge in [-0.3, -0.25) is 9.69 Å². The SMILES string of the molecule is Cc1cccc2c1NCCC1CCC(CN(C(=O)C3CCC3)C2)N1C. The molecule has 1 saturated carbocycles. The maximum atomic E-state index is 13.1. The molecule has 4 nitrogen and oxygen atoms in total. The Morgan fingerprint density at radius 1 is 1.12 bits per heavy atom. The van der Waals surface area contributed by atoms with Crippen LogP contribution in [0.2, 0.25) is 0 Å². The summed E-state index contributed by atoms with van der Waals surface area (Å²) in [6.45, 7) is 4.81. The molecule has 2 bridgehead atoms. The lowest BCUT2D eigenvalue weighted by Crippen LogP contribution is -2.46. The van der Waals surface area contributed by atoms with Gasteiger partial charge in [0, 0.05) is 43.3 Å². The highest BCUT2D eigenvalue weighted by atomic mass is 16.2. The average molecular weight is 341 g/mol. The van der Waals surface area contributed by atoms with Gasteiger partial charge in [0.2, 0.25) is 5.91 Å². The molecule has 3 aliphatic rings. The van der Waals surface area contributed by atoms with E-state index in [4.69, 9.17) is 0 Å². The largest absolute Gasteiger partial charge is 0.384 e. The fourth-order valence-corrected chi connectivity index (χ4v) is 4.74. The molecule has 2 aliphatic heterocycles. The van der Waals surface area contributed by atoms with Crippen LogP contribution in [-0.4, -0.2) is 47.9 Å². The van der Waals surface area contributed by atoms with Gasteiger partial charge in [0.25, 0.3) is 0 Å². The number of aryl methyl sites for hydroxylation is 1. The van der Waals surface area contributed by atoms with Gasteiger partial charge in [-0.25, -0.2) is 0 Å². The molecule has 1 amide bonds. The van der Waals surface area contributed by atoms with Gasteiger partial charge in [-0.1, -0.05) is 24.6 Å². The van der Waals surface area contributed by atoms with Gasteiger partial charge in [0.15, 0.2) is 0 Å². The second kappa shape index (κ2) is 6.99. The van der Waals surface area contributed by atoms with Crippen molar-refractivity contribution in [2.75, 3.05) is 25.5 Å². The second-order valence-electron chi connectivity index (χ2n) is 8.22. The molecule has 136 valence electrons. The predicted molar refractivity (Wildman–Crippen MR) is 102 cm³/mol. The second-order valence-corrected chi connectivity index (χ2v) is 8.22. The van der Waals surface area contributed by atoms with Crippen LogP contribution in [0.3, 0.4) is 0 Å². The summed E-state index contributed by atoms with van der Waals surface area (Å²) in [4.78, 5) is 17.8. The van der Waals surface area contributed by atoms with Crippen LogP contribution in [0.15, 0.2) is 18.2 Å². The number of carbonyl (C=O) groups is 1. The normalized spacial score (nSPS) is 27.8. The number of fused-ring (bicyclic) bond motifs is 3. The lowest BCUT2D eigenvalue weighted by Gasteiger charge is -2.35. The zero-order valence-corrected chi connectivity index (χ0v) is 15.6. The predicted octanol–water partition coefficient (Wildman–Crippen LogP) is 3.40. The molecule has 2 unspecified atom stereocenters. The number of carbonyl (C=O) groups excluding carboxylic acids is 1. The zero-order valence-electron chi connectivity index (χ0n) is 15.6. The number of likely N-dealkylation sites (N-methyl/N-ethyl adjacent to an activating group) is 1. The molecule has 2 heterocycles. The Balaban J connectivity index is 1.65. The summed E-state index contributed by atoms with van der Waals surface area (Å²) in [5.74, 6) is 0.656. The highest BCUT2D eigenvalue weighted by Gasteiger charge is 2.36. The monoisotopic (exact) mass is 341 g/mol. The van der Waals surface area contributed by atoms with E-state index in [2.05, 4.69) is 47.3 Å². The molecule has 0 radical (unpaired) electrons. The van der Waals surface area contributed by atoms with E-state index in [0.29, 0.717) is 18.0 Å². The van der Waals surface area contributed by atoms with E-state index >= 15 is 0 Å². The maximum absolute atomic E-state index is 13.1. The van der Waals surface area contributed by atoms with Crippen LogP contribution in [-0.2, 0) is 11.3 Å². The van der Waals surface area contributed by atoms with Crippen molar-refractivity contribution in [2.24, 2.45) is 5.92 Å². The minimum atomic E-state index is 0.272. The third kappa shape index (κ3) is 3.29. The third-order valence-corrected chi connectivity index (χ3v) is 6.68. The molecule has 0 spiro atoms. The Bertz CT molecular complexity index is 640. The molecule has 1 aromatic carbocycles. The van der Waals surface area contributed by atoms with Gasteiger partial charge in [-0.15, -0.1) is 0 Å². The lowest BCUT2D eigenvalue weighted by molar-refractivity contribution is -0.139. The fourth-order valence-electron chi connectivity index (χ4n) is 4.74. The van der Waals surface area contributed by atoms with Crippen molar-refractivity contribution in [3.8, 4) is 0 Å². The summed E-state index contributed by atoms with van der Waals surface area (Å²) in [5, 5.41) is 3.68. The van der Waals surface area contributed by atoms with E-state index in [1.165, 1.54) is 42.5 Å². The van der Waals surface area contributed by atoms with Crippen molar-refractivity contribution in [3.63, 3.8) is 0 Å². The number of amides is 1. The summed E-state index contributed by atoms with van der Waals surface area (Å²) in [6, 6.07) is 7.64. The molecule has 4 rings (SSSR count). The topological polar surface area (TPSA) is 35.6 Å². The summed E-state index contributed by atoms with van der Waals surface area (Å²) in [7, 11) is 2.25. The number of para-hydroxylation sites is 1. The number of anilines is 1. The first-order chi connectivity index (χ1) is 12.1. The van der Waals surface area contributed by atoms with E-state index in [0.717, 1.165) is 32.5 Å². The molecule has 1 aliphatic carbocycles. The number of benzene rings is 1. The Labute approximate surface area is 151 Å². The minimum Gasteiger partial charge on any atom is -0.384 e. The molecule has 4 heteroatoms. The van der Waals surface area contributed by atoms with Gasteiger partial charge in [0.05, 0.1) is 0 Å². The van der Waals surface area contributed by atoms with Crippen LogP contribution in [0.5, 0.6) is 0 Å². The van der Waals surface area contributed by atoms with Crippen LogP contribution < -0.4 is 5.32 Å². The zero-order chi connectivity index (χ0) is 17.4. The van der Waals surface area contributed by atoms with E-state index in [1.807, 2.05) is 0 Å². The Kier molecular flexibility index (Phi) is 4.72. The molecular formula is C21H31N3O. The van der Waals surface area contributed by atoms with Crippen LogP contribution in [0.1, 0.15) is 49.7 Å². The number of rotatable bonds is 1. The number of nitrogens with one attached hydrogen (secondary N) is 1. The molecule has 1 N–H and O–H groups in total. The summed E-state index contributed by atoms with van der Waals surface area (Å²) in [5.41, 5.74) is 3.80. The van der Waals surface area contributed by atoms with Gasteiger partial charge in [-0.2, -0.15) is 0 Å². The first-order valence-electron chi connectivity index (χ1n) is 9.96. The molecule has 1 saturated heterocycles. The Morgan fingerprint density at radius 2 is 1.92 bits per heavy atom. The smallest absolute Gasteiger partial charge is 0.226 e. The average Bonchev–Trinajstić information content (AvgIpc) is 2.86. The van der Waals surface area contributed by atoms with Gasteiger partial charge >= 0.3 is 0 Å². The Morgan fingerprint density at radius 3 is 2.68 bits per heavy atom. The van der Waals surface area contributed by atoms with Gasteiger partial charge in [-0.05, 0) is 57.2 Å². The molecule has 0 aromatic heterocycles. The first kappa shape index (κ1) is 16.9. The van der Waals surface area contributed by atoms with Crippen LogP contribution in [0.4, 0.5) is 5.69 Å². The molecular weight excluding hydrogens is 310 g/mol. The van der Waals surface area contributed by atoms with Crippen molar-refractivity contribution < 1.29 is 4.79 Å². The highest BCUT2D eigenvalue weighted by molar-refractivity contribution is 5.80. The van der Waals surface area contributed by atoms with E-state index in [9.17, 15) is 4.79 Å². The van der Waals surface area contributed by atoms with Crippen molar-refractivity contribution in [1.29, 1.82) is 0 Å². The highest BCUT2D eigenvalue weighted by Crippen LogP contribution is 2.33. The summed E-state index contributed by atoms with van der Waals surface area (Å²) in [6.07, 6.45) is 7.03. The molecule has 2 fully saturated rings. The number of nitrogens with zero attached hydrogens (tertiary/aromatic N) is 2. The van der Waals surface area contributed by atoms with Crippen molar-refractivity contribution >= 4 is 11.6 Å². The number of hydrogen-bond donors (Lipinski definition) is 1. The van der Waals surface area contributed by atoms with Crippen molar-refractivity contribution in [3.05, 3.63) is 29.3 Å². The van der Waals surface area contributed by atoms with Gasteiger partial charge in [0.1, 0.15) is 0 Å². The van der Waals surface area contributed by atoms with E-state index in [1.54, 1.807) is 0 Å². The Hall–Kier alpha value is -1.55. The van der Waals surface area contributed by atoms with Crippen LogP contribution >= 0.6 is 0 Å². The summed E-state index contributed by atoms with van der Waals surface area (Å²) < 4.78 is 0. The summed E-state index contributed by atoms with van der Waals surface area (Å²) >= 11 is 0. The van der Waals surface area contributed by atoms with E-state index in [-0.39, 0.29) is 5.92 Å². The fraction of sp³-hybridized carbons (Fsp3) is 0.667. The van der Waals surface area contributed by atoms with Crippen molar-refractivity contribution in [2.45, 2.75) is 64.1 Å². The maximum Gasteiger partial charge on any atom is 0.226 e.